The Bertz CT molecular complexity index is 607. The van der Waals surface area contributed by atoms with Crippen molar-refractivity contribution in [2.45, 2.75) is 50.2 Å². The Morgan fingerprint density at radius 2 is 1.33 bits per heavy atom. The van der Waals surface area contributed by atoms with Crippen molar-refractivity contribution in [1.29, 1.82) is 0 Å². The van der Waals surface area contributed by atoms with Crippen LogP contribution < -0.4 is 22.1 Å². The summed E-state index contributed by atoms with van der Waals surface area (Å²) >= 11 is 0. The second-order valence-corrected chi connectivity index (χ2v) is 5.60. The summed E-state index contributed by atoms with van der Waals surface area (Å²) in [5.74, 6) is -7.01. The fourth-order valence-corrected chi connectivity index (χ4v) is 1.89. The Balaban J connectivity index is 5.09. The highest BCUT2D eigenvalue weighted by Gasteiger charge is 2.29. The number of carboxylic acid groups (broad SMARTS) is 3. The van der Waals surface area contributed by atoms with Gasteiger partial charge in [-0.15, -0.1) is 0 Å². The highest BCUT2D eigenvalue weighted by atomic mass is 16.4. The van der Waals surface area contributed by atoms with Gasteiger partial charge < -0.3 is 37.4 Å². The highest BCUT2D eigenvalue weighted by Crippen LogP contribution is 2.03. The number of hydrogen-bond donors (Lipinski definition) is 7. The van der Waals surface area contributed by atoms with Crippen LogP contribution in [0.15, 0.2) is 0 Å². The molecule has 0 rings (SSSR count). The molecule has 0 bridgehead atoms. The third-order valence-corrected chi connectivity index (χ3v) is 3.31. The van der Waals surface area contributed by atoms with Crippen molar-refractivity contribution in [2.75, 3.05) is 0 Å². The van der Waals surface area contributed by atoms with Crippen LogP contribution in [-0.4, -0.2) is 69.1 Å². The van der Waals surface area contributed by atoms with Crippen molar-refractivity contribution < 1.29 is 44.1 Å². The summed E-state index contributed by atoms with van der Waals surface area (Å²) in [6, 6.07) is -4.44. The van der Waals surface area contributed by atoms with Crippen LogP contribution in [0.1, 0.15) is 32.1 Å². The quantitative estimate of drug-likeness (QED) is 0.168. The molecule has 0 aliphatic carbocycles. The Kier molecular flexibility index (Phi) is 10.0. The number of carbonyl (C=O) groups excluding carboxylic acids is 3. The molecule has 0 aliphatic heterocycles. The van der Waals surface area contributed by atoms with Gasteiger partial charge in [-0.05, 0) is 12.8 Å². The van der Waals surface area contributed by atoms with Crippen LogP contribution in [0.3, 0.4) is 0 Å². The fraction of sp³-hybridized carbons (Fsp3) is 0.571. The smallest absolute Gasteiger partial charge is 0.326 e. The Morgan fingerprint density at radius 1 is 0.778 bits per heavy atom. The maximum atomic E-state index is 12.2. The minimum atomic E-state index is -1.76. The van der Waals surface area contributed by atoms with Gasteiger partial charge in [-0.2, -0.15) is 0 Å². The molecule has 3 amide bonds. The minimum Gasteiger partial charge on any atom is -0.481 e. The molecule has 0 aromatic carbocycles. The molecule has 13 nitrogen and oxygen atoms in total. The largest absolute Gasteiger partial charge is 0.481 e. The van der Waals surface area contributed by atoms with Crippen LogP contribution in [0.4, 0.5) is 0 Å². The van der Waals surface area contributed by atoms with Gasteiger partial charge in [0, 0.05) is 12.8 Å². The van der Waals surface area contributed by atoms with E-state index in [1.54, 1.807) is 0 Å². The topological polar surface area (TPSA) is 239 Å². The van der Waals surface area contributed by atoms with Crippen molar-refractivity contribution >= 4 is 35.6 Å². The maximum Gasteiger partial charge on any atom is 0.326 e. The van der Waals surface area contributed by atoms with Crippen LogP contribution in [-0.2, 0) is 28.8 Å². The first-order valence-corrected chi connectivity index (χ1v) is 7.75. The van der Waals surface area contributed by atoms with E-state index in [4.69, 9.17) is 26.8 Å². The number of carboxylic acids is 3. The number of carbonyl (C=O) groups is 6. The second kappa shape index (κ2) is 11.4. The summed E-state index contributed by atoms with van der Waals surface area (Å²) in [6.45, 7) is 0. The summed E-state index contributed by atoms with van der Waals surface area (Å²) in [5.41, 5.74) is 10.5. The lowest BCUT2D eigenvalue weighted by atomic mass is 10.1. The van der Waals surface area contributed by atoms with Gasteiger partial charge in [-0.25, -0.2) is 4.79 Å². The Labute approximate surface area is 153 Å². The van der Waals surface area contributed by atoms with Crippen LogP contribution in [0.5, 0.6) is 0 Å². The molecule has 0 fully saturated rings. The van der Waals surface area contributed by atoms with Gasteiger partial charge in [0.1, 0.15) is 12.1 Å². The van der Waals surface area contributed by atoms with E-state index >= 15 is 0 Å². The molecule has 27 heavy (non-hydrogen) atoms. The Hall–Kier alpha value is -3.22. The molecule has 3 atom stereocenters. The van der Waals surface area contributed by atoms with Gasteiger partial charge in [0.05, 0.1) is 12.5 Å². The zero-order valence-corrected chi connectivity index (χ0v) is 14.2. The van der Waals surface area contributed by atoms with Gasteiger partial charge in [0.2, 0.25) is 17.7 Å². The van der Waals surface area contributed by atoms with Gasteiger partial charge in [-0.3, -0.25) is 24.0 Å². The van der Waals surface area contributed by atoms with Crippen molar-refractivity contribution in [3.63, 3.8) is 0 Å². The van der Waals surface area contributed by atoms with E-state index in [1.165, 1.54) is 0 Å². The molecule has 0 saturated carbocycles. The number of primary amides is 1. The van der Waals surface area contributed by atoms with E-state index in [2.05, 4.69) is 5.32 Å². The third kappa shape index (κ3) is 10.4. The predicted molar refractivity (Wildman–Crippen MR) is 87.0 cm³/mol. The summed E-state index contributed by atoms with van der Waals surface area (Å²) in [4.78, 5) is 67.3. The fourth-order valence-electron chi connectivity index (χ4n) is 1.89. The molecular weight excluding hydrogens is 368 g/mol. The first-order chi connectivity index (χ1) is 12.4. The Morgan fingerprint density at radius 3 is 1.78 bits per heavy atom. The van der Waals surface area contributed by atoms with Crippen molar-refractivity contribution in [3.8, 4) is 0 Å². The van der Waals surface area contributed by atoms with Crippen LogP contribution >= 0.6 is 0 Å². The van der Waals surface area contributed by atoms with Gasteiger partial charge in [0.15, 0.2) is 0 Å². The van der Waals surface area contributed by atoms with E-state index in [-0.39, 0.29) is 19.3 Å². The zero-order chi connectivity index (χ0) is 21.1. The van der Waals surface area contributed by atoms with E-state index in [9.17, 15) is 28.8 Å². The van der Waals surface area contributed by atoms with Crippen LogP contribution in [0.25, 0.3) is 0 Å². The molecule has 0 aromatic rings. The summed E-state index contributed by atoms with van der Waals surface area (Å²) < 4.78 is 0. The molecule has 0 aliphatic rings. The van der Waals surface area contributed by atoms with Crippen LogP contribution in [0.2, 0.25) is 0 Å². The molecule has 13 heteroatoms. The zero-order valence-electron chi connectivity index (χ0n) is 14.2. The maximum absolute atomic E-state index is 12.2. The summed E-state index contributed by atoms with van der Waals surface area (Å²) in [6.07, 6.45) is -2.15. The third-order valence-electron chi connectivity index (χ3n) is 3.31. The molecule has 0 unspecified atom stereocenters. The average molecular weight is 390 g/mol. The standard InChI is InChI=1S/C14H22N4O9/c15-6(1-4-10(20)21)12(24)17-7(2-3-9(16)19)13(25)18-8(14(26)27)5-11(22)23/h6-8H,1-5,15H2,(H2,16,19)(H,17,24)(H,18,25)(H,20,21)(H,22,23)(H,26,27)/t6-,7-,8-/m0/s1. The minimum absolute atomic E-state index is 0.220. The monoisotopic (exact) mass is 390 g/mol. The molecular formula is C14H22N4O9. The molecule has 0 aromatic heterocycles. The number of nitrogens with one attached hydrogen (secondary N) is 2. The summed E-state index contributed by atoms with van der Waals surface area (Å²) in [7, 11) is 0. The first kappa shape index (κ1) is 23.8. The lowest BCUT2D eigenvalue weighted by Crippen LogP contribution is -2.55. The lowest BCUT2D eigenvalue weighted by molar-refractivity contribution is -0.147. The van der Waals surface area contributed by atoms with Crippen molar-refractivity contribution in [1.82, 2.24) is 10.6 Å². The molecule has 0 spiro atoms. The van der Waals surface area contributed by atoms with E-state index in [0.29, 0.717) is 0 Å². The predicted octanol–water partition coefficient (Wildman–Crippen LogP) is -3.03. The number of nitrogens with two attached hydrogens (primary N) is 2. The van der Waals surface area contributed by atoms with Crippen LogP contribution in [0, 0.1) is 0 Å². The van der Waals surface area contributed by atoms with Gasteiger partial charge in [-0.1, -0.05) is 0 Å². The van der Waals surface area contributed by atoms with E-state index in [1.807, 2.05) is 5.32 Å². The van der Waals surface area contributed by atoms with E-state index < -0.39 is 66.6 Å². The van der Waals surface area contributed by atoms with E-state index in [0.717, 1.165) is 0 Å². The molecule has 0 heterocycles. The number of hydrogen-bond acceptors (Lipinski definition) is 7. The molecule has 0 radical (unpaired) electrons. The summed E-state index contributed by atoms with van der Waals surface area (Å²) in [5, 5.41) is 30.3. The van der Waals surface area contributed by atoms with Gasteiger partial charge >= 0.3 is 17.9 Å². The number of amides is 3. The molecule has 152 valence electrons. The first-order valence-electron chi connectivity index (χ1n) is 7.75. The number of aliphatic carboxylic acids is 3. The molecule has 9 N–H and O–H groups in total. The second-order valence-electron chi connectivity index (χ2n) is 5.60. The highest BCUT2D eigenvalue weighted by molar-refractivity contribution is 5.93. The SMILES string of the molecule is NC(=O)CC[C@H](NC(=O)[C@@H](N)CCC(=O)O)C(=O)N[C@@H](CC(=O)O)C(=O)O. The lowest BCUT2D eigenvalue weighted by Gasteiger charge is -2.22. The molecule has 0 saturated heterocycles. The van der Waals surface area contributed by atoms with Crippen molar-refractivity contribution in [2.24, 2.45) is 11.5 Å². The normalized spacial score (nSPS) is 13.7. The average Bonchev–Trinajstić information content (AvgIpc) is 2.54. The van der Waals surface area contributed by atoms with Crippen molar-refractivity contribution in [3.05, 3.63) is 0 Å². The number of rotatable bonds is 13. The van der Waals surface area contributed by atoms with Gasteiger partial charge in [0.25, 0.3) is 0 Å².